The number of hydrogen-bond donors (Lipinski definition) is 2. The average molecular weight is 380 g/mol. The highest BCUT2D eigenvalue weighted by molar-refractivity contribution is 5.92. The molecule has 0 atom stereocenters. The van der Waals surface area contributed by atoms with Crippen LogP contribution in [-0.2, 0) is 13.0 Å². The second-order valence-electron chi connectivity index (χ2n) is 6.10. The van der Waals surface area contributed by atoms with E-state index in [1.54, 1.807) is 25.3 Å². The summed E-state index contributed by atoms with van der Waals surface area (Å²) in [4.78, 5) is 20.7. The van der Waals surface area contributed by atoms with Crippen molar-refractivity contribution in [3.05, 3.63) is 83.4 Å². The molecule has 7 heteroatoms. The van der Waals surface area contributed by atoms with Crippen LogP contribution in [-0.4, -0.2) is 29.5 Å². The van der Waals surface area contributed by atoms with Gasteiger partial charge in [0.05, 0.1) is 7.11 Å². The van der Waals surface area contributed by atoms with Crippen molar-refractivity contribution < 1.29 is 13.9 Å². The van der Waals surface area contributed by atoms with Crippen molar-refractivity contribution in [3.63, 3.8) is 0 Å². The van der Waals surface area contributed by atoms with Crippen molar-refractivity contribution in [2.75, 3.05) is 19.0 Å². The van der Waals surface area contributed by atoms with Crippen molar-refractivity contribution in [2.45, 2.75) is 13.0 Å². The molecule has 3 rings (SSSR count). The first-order chi connectivity index (χ1) is 13.6. The Bertz CT molecular complexity index is 914. The van der Waals surface area contributed by atoms with Gasteiger partial charge in [-0.15, -0.1) is 0 Å². The molecule has 0 saturated heterocycles. The second-order valence-corrected chi connectivity index (χ2v) is 6.10. The monoisotopic (exact) mass is 380 g/mol. The number of anilines is 1. The van der Waals surface area contributed by atoms with E-state index in [4.69, 9.17) is 4.74 Å². The van der Waals surface area contributed by atoms with Crippen LogP contribution in [0.4, 0.5) is 10.3 Å². The zero-order valence-electron chi connectivity index (χ0n) is 15.5. The highest BCUT2D eigenvalue weighted by Crippen LogP contribution is 2.11. The van der Waals surface area contributed by atoms with Crippen molar-refractivity contribution in [1.82, 2.24) is 15.3 Å². The van der Waals surface area contributed by atoms with Gasteiger partial charge in [0, 0.05) is 19.3 Å². The SMILES string of the molecule is COc1ccc(CNC(=O)c2ccnc(NCCc3ccc(F)cc3)n2)cc1. The summed E-state index contributed by atoms with van der Waals surface area (Å²) in [7, 11) is 1.61. The smallest absolute Gasteiger partial charge is 0.270 e. The lowest BCUT2D eigenvalue weighted by molar-refractivity contribution is 0.0946. The number of benzene rings is 2. The standard InChI is InChI=1S/C21H21FN4O2/c1-28-18-8-4-16(5-9-18)14-25-20(27)19-11-13-24-21(26-19)23-12-10-15-2-6-17(22)7-3-15/h2-9,11,13H,10,12,14H2,1H3,(H,25,27)(H,23,24,26). The van der Waals surface area contributed by atoms with Crippen LogP contribution < -0.4 is 15.4 Å². The molecule has 6 nitrogen and oxygen atoms in total. The molecule has 144 valence electrons. The van der Waals surface area contributed by atoms with Gasteiger partial charge in [-0.3, -0.25) is 4.79 Å². The summed E-state index contributed by atoms with van der Waals surface area (Å²) < 4.78 is 18.0. The summed E-state index contributed by atoms with van der Waals surface area (Å²) in [5, 5.41) is 5.91. The van der Waals surface area contributed by atoms with E-state index in [1.807, 2.05) is 24.3 Å². The first-order valence-corrected chi connectivity index (χ1v) is 8.86. The lowest BCUT2D eigenvalue weighted by Crippen LogP contribution is -2.24. The van der Waals surface area contributed by atoms with E-state index >= 15 is 0 Å². The largest absolute Gasteiger partial charge is 0.497 e. The Kier molecular flexibility index (Phi) is 6.51. The fourth-order valence-corrected chi connectivity index (χ4v) is 2.56. The molecule has 3 aromatic rings. The third-order valence-electron chi connectivity index (χ3n) is 4.11. The maximum Gasteiger partial charge on any atom is 0.270 e. The molecule has 1 heterocycles. The van der Waals surface area contributed by atoms with Gasteiger partial charge in [0.25, 0.3) is 5.91 Å². The van der Waals surface area contributed by atoms with Gasteiger partial charge in [0.1, 0.15) is 17.3 Å². The highest BCUT2D eigenvalue weighted by Gasteiger charge is 2.08. The number of nitrogens with zero attached hydrogens (tertiary/aromatic N) is 2. The summed E-state index contributed by atoms with van der Waals surface area (Å²) in [6.45, 7) is 0.961. The number of carbonyl (C=O) groups is 1. The molecular formula is C21H21FN4O2. The molecule has 0 aliphatic heterocycles. The second kappa shape index (κ2) is 9.45. The molecule has 0 aliphatic rings. The molecule has 28 heavy (non-hydrogen) atoms. The summed E-state index contributed by atoms with van der Waals surface area (Å²) in [5.74, 6) is 0.606. The first kappa shape index (κ1) is 19.3. The third kappa shape index (κ3) is 5.51. The molecule has 1 amide bonds. The third-order valence-corrected chi connectivity index (χ3v) is 4.11. The number of methoxy groups -OCH3 is 1. The molecule has 0 spiro atoms. The Morgan fingerprint density at radius 2 is 1.75 bits per heavy atom. The number of rotatable bonds is 8. The number of aromatic nitrogens is 2. The van der Waals surface area contributed by atoms with Crippen LogP contribution in [0.2, 0.25) is 0 Å². The van der Waals surface area contributed by atoms with Crippen molar-refractivity contribution >= 4 is 11.9 Å². The minimum absolute atomic E-state index is 0.256. The Labute approximate surface area is 162 Å². The fourth-order valence-electron chi connectivity index (χ4n) is 2.56. The maximum absolute atomic E-state index is 12.9. The van der Waals surface area contributed by atoms with Gasteiger partial charge in [0.2, 0.25) is 5.95 Å². The van der Waals surface area contributed by atoms with Crippen molar-refractivity contribution in [2.24, 2.45) is 0 Å². The van der Waals surface area contributed by atoms with Crippen LogP contribution in [0.25, 0.3) is 0 Å². The molecule has 2 N–H and O–H groups in total. The molecule has 2 aromatic carbocycles. The maximum atomic E-state index is 12.9. The summed E-state index contributed by atoms with van der Waals surface area (Å²) >= 11 is 0. The van der Waals surface area contributed by atoms with Gasteiger partial charge in [-0.1, -0.05) is 24.3 Å². The average Bonchev–Trinajstić information content (AvgIpc) is 2.74. The highest BCUT2D eigenvalue weighted by atomic mass is 19.1. The minimum Gasteiger partial charge on any atom is -0.497 e. The topological polar surface area (TPSA) is 76.1 Å². The Hall–Kier alpha value is -3.48. The lowest BCUT2D eigenvalue weighted by atomic mass is 10.1. The molecular weight excluding hydrogens is 359 g/mol. The van der Waals surface area contributed by atoms with Crippen LogP contribution in [0.3, 0.4) is 0 Å². The number of halogens is 1. The summed E-state index contributed by atoms with van der Waals surface area (Å²) in [5.41, 5.74) is 2.25. The molecule has 0 fully saturated rings. The van der Waals surface area contributed by atoms with Gasteiger partial charge in [-0.05, 0) is 47.9 Å². The zero-order valence-corrected chi connectivity index (χ0v) is 15.5. The van der Waals surface area contributed by atoms with E-state index < -0.39 is 0 Å². The van der Waals surface area contributed by atoms with Crippen LogP contribution in [0, 0.1) is 5.82 Å². The van der Waals surface area contributed by atoms with Crippen LogP contribution in [0.1, 0.15) is 21.6 Å². The Morgan fingerprint density at radius 1 is 1.04 bits per heavy atom. The minimum atomic E-state index is -0.278. The number of hydrogen-bond acceptors (Lipinski definition) is 5. The van der Waals surface area contributed by atoms with E-state index in [-0.39, 0.29) is 17.4 Å². The van der Waals surface area contributed by atoms with Crippen LogP contribution >= 0.6 is 0 Å². The van der Waals surface area contributed by atoms with E-state index in [9.17, 15) is 9.18 Å². The number of ether oxygens (including phenoxy) is 1. The molecule has 0 saturated carbocycles. The van der Waals surface area contributed by atoms with Gasteiger partial charge in [-0.2, -0.15) is 0 Å². The Morgan fingerprint density at radius 3 is 2.46 bits per heavy atom. The summed E-state index contributed by atoms with van der Waals surface area (Å²) in [6.07, 6.45) is 2.23. The number of nitrogens with one attached hydrogen (secondary N) is 2. The molecule has 0 unspecified atom stereocenters. The Balaban J connectivity index is 1.51. The number of carbonyl (C=O) groups excluding carboxylic acids is 1. The predicted molar refractivity (Wildman–Crippen MR) is 105 cm³/mol. The molecule has 0 radical (unpaired) electrons. The van der Waals surface area contributed by atoms with Crippen LogP contribution in [0.5, 0.6) is 5.75 Å². The normalized spacial score (nSPS) is 10.4. The van der Waals surface area contributed by atoms with E-state index in [0.717, 1.165) is 16.9 Å². The zero-order chi connectivity index (χ0) is 19.8. The van der Waals surface area contributed by atoms with Gasteiger partial charge in [0.15, 0.2) is 0 Å². The molecule has 1 aromatic heterocycles. The van der Waals surface area contributed by atoms with Crippen LogP contribution in [0.15, 0.2) is 60.8 Å². The lowest BCUT2D eigenvalue weighted by Gasteiger charge is -2.08. The molecule has 0 aliphatic carbocycles. The number of amides is 1. The predicted octanol–water partition coefficient (Wildman–Crippen LogP) is 3.21. The fraction of sp³-hybridized carbons (Fsp3) is 0.190. The summed E-state index contributed by atoms with van der Waals surface area (Å²) in [6, 6.07) is 15.4. The first-order valence-electron chi connectivity index (χ1n) is 8.86. The van der Waals surface area contributed by atoms with Gasteiger partial charge < -0.3 is 15.4 Å². The van der Waals surface area contributed by atoms with E-state index in [1.165, 1.54) is 18.3 Å². The van der Waals surface area contributed by atoms with Crippen molar-refractivity contribution in [3.8, 4) is 5.75 Å². The molecule has 0 bridgehead atoms. The van der Waals surface area contributed by atoms with Gasteiger partial charge >= 0.3 is 0 Å². The quantitative estimate of drug-likeness (QED) is 0.628. The van der Waals surface area contributed by atoms with Gasteiger partial charge in [-0.25, -0.2) is 14.4 Å². The van der Waals surface area contributed by atoms with E-state index in [2.05, 4.69) is 20.6 Å². The van der Waals surface area contributed by atoms with Crippen molar-refractivity contribution in [1.29, 1.82) is 0 Å². The van der Waals surface area contributed by atoms with E-state index in [0.29, 0.717) is 25.5 Å².